The molecule has 15 rings (SSSR count). The van der Waals surface area contributed by atoms with Crippen LogP contribution in [0, 0.1) is 0 Å². The summed E-state index contributed by atoms with van der Waals surface area (Å²) >= 11 is 0. The summed E-state index contributed by atoms with van der Waals surface area (Å²) < 4.78 is 6.79. The Morgan fingerprint density at radius 3 is 1.67 bits per heavy atom. The molecule has 0 fully saturated rings. The van der Waals surface area contributed by atoms with Crippen molar-refractivity contribution in [2.24, 2.45) is 0 Å². The second kappa shape index (κ2) is 18.0. The normalized spacial score (nSPS) is 12.7. The van der Waals surface area contributed by atoms with E-state index >= 15 is 0 Å². The number of aromatic nitrogens is 1. The standard InChI is InChI=1S/C73H52BN3O/c1-73(2,3)58-29-13-11-24-52(58)49-38-36-47(37-39-49)51-44-61-72-62(45-51)75-46-57(70-43-42-69(78-70)50-21-5-4-6-22-50)71(72)56-28-12-14-30-59(56)74(61)60-40-41-64(55-27-10-9-26-54(55)60)77-67-33-17-15-31-65(67)76(66-32-16-18-34-68(66)77)63-35-19-23-48-20-7-8-25-53(48)63/h4-46H,1-3H3. The summed E-state index contributed by atoms with van der Waals surface area (Å²) in [6.45, 7) is 6.74. The van der Waals surface area contributed by atoms with Crippen molar-refractivity contribution in [3.63, 3.8) is 0 Å². The number of hydrogen-bond donors (Lipinski definition) is 0. The van der Waals surface area contributed by atoms with E-state index in [0.29, 0.717) is 0 Å². The van der Waals surface area contributed by atoms with Gasteiger partial charge in [0.2, 0.25) is 6.71 Å². The van der Waals surface area contributed by atoms with Gasteiger partial charge in [-0.3, -0.25) is 4.98 Å². The molecule has 11 aromatic carbocycles. The number of benzene rings is 11. The van der Waals surface area contributed by atoms with E-state index in [9.17, 15) is 0 Å². The average Bonchev–Trinajstić information content (AvgIpc) is 3.54. The minimum Gasteiger partial charge on any atom is -0.456 e. The Bertz CT molecular complexity index is 4460. The maximum atomic E-state index is 6.79. The van der Waals surface area contributed by atoms with Gasteiger partial charge in [0.15, 0.2) is 0 Å². The first-order valence-corrected chi connectivity index (χ1v) is 27.1. The van der Waals surface area contributed by atoms with Crippen molar-refractivity contribution in [2.45, 2.75) is 26.2 Å². The monoisotopic (exact) mass is 997 g/mol. The van der Waals surface area contributed by atoms with Crippen LogP contribution in [0.2, 0.25) is 0 Å². The SMILES string of the molecule is CC(C)(C)c1ccccc1-c1ccc(-c2cc3c4c(c(-c5ccc(-c6ccccc6)o5)cnc4c2)-c2ccccc2B3c2ccc(N3c4ccccc4N(c4cccc5ccccc45)c4ccccc43)c3ccccc23)cc1. The topological polar surface area (TPSA) is 32.5 Å². The van der Waals surface area contributed by atoms with E-state index in [1.54, 1.807) is 0 Å². The number of pyridine rings is 1. The summed E-state index contributed by atoms with van der Waals surface area (Å²) in [5.41, 5.74) is 21.9. The molecule has 0 radical (unpaired) electrons. The van der Waals surface area contributed by atoms with Gasteiger partial charge in [-0.1, -0.05) is 237 Å². The predicted molar refractivity (Wildman–Crippen MR) is 329 cm³/mol. The Morgan fingerprint density at radius 1 is 0.372 bits per heavy atom. The number of hydrogen-bond acceptors (Lipinski definition) is 4. The summed E-state index contributed by atoms with van der Waals surface area (Å²) in [5, 5.41) is 5.95. The zero-order valence-electron chi connectivity index (χ0n) is 43.7. The van der Waals surface area contributed by atoms with Gasteiger partial charge in [-0.05, 0) is 104 Å². The van der Waals surface area contributed by atoms with Crippen LogP contribution in [0.3, 0.4) is 0 Å². The highest BCUT2D eigenvalue weighted by molar-refractivity contribution is 7.00. The van der Waals surface area contributed by atoms with Crippen LogP contribution in [-0.2, 0) is 5.41 Å². The lowest BCUT2D eigenvalue weighted by Gasteiger charge is -2.41. The lowest BCUT2D eigenvalue weighted by atomic mass is 9.33. The third-order valence-electron chi connectivity index (χ3n) is 16.3. The summed E-state index contributed by atoms with van der Waals surface area (Å²) in [5.74, 6) is 1.62. The highest BCUT2D eigenvalue weighted by Crippen LogP contribution is 2.56. The summed E-state index contributed by atoms with van der Waals surface area (Å²) in [6, 6.07) is 93.1. The average molecular weight is 998 g/mol. The molecule has 0 saturated carbocycles. The van der Waals surface area contributed by atoms with Crippen molar-refractivity contribution in [1.82, 2.24) is 4.98 Å². The molecule has 0 saturated heterocycles. The fourth-order valence-electron chi connectivity index (χ4n) is 12.8. The highest BCUT2D eigenvalue weighted by atomic mass is 16.3. The number of para-hydroxylation sites is 4. The van der Waals surface area contributed by atoms with Gasteiger partial charge >= 0.3 is 0 Å². The van der Waals surface area contributed by atoms with Crippen molar-refractivity contribution in [2.75, 3.05) is 9.80 Å². The third kappa shape index (κ3) is 7.26. The molecule has 78 heavy (non-hydrogen) atoms. The van der Waals surface area contributed by atoms with Gasteiger partial charge in [-0.25, -0.2) is 0 Å². The molecule has 4 heterocycles. The molecule has 4 nitrogen and oxygen atoms in total. The van der Waals surface area contributed by atoms with Gasteiger partial charge in [-0.15, -0.1) is 0 Å². The number of rotatable bonds is 7. The van der Waals surface area contributed by atoms with Gasteiger partial charge in [0.1, 0.15) is 11.5 Å². The first kappa shape index (κ1) is 45.7. The van der Waals surface area contributed by atoms with Crippen molar-refractivity contribution in [3.05, 3.63) is 267 Å². The molecular weight excluding hydrogens is 946 g/mol. The number of fused-ring (bicyclic) bond motifs is 6. The van der Waals surface area contributed by atoms with Crippen molar-refractivity contribution in [1.29, 1.82) is 0 Å². The minimum absolute atomic E-state index is 0.00694. The molecule has 0 N–H and O–H groups in total. The Kier molecular flexibility index (Phi) is 10.5. The molecule has 0 aliphatic carbocycles. The molecule has 5 heteroatoms. The number of nitrogens with zero attached hydrogens (tertiary/aromatic N) is 3. The van der Waals surface area contributed by atoms with Gasteiger partial charge in [0.25, 0.3) is 0 Å². The van der Waals surface area contributed by atoms with Gasteiger partial charge in [-0.2, -0.15) is 0 Å². The second-order valence-corrected chi connectivity index (χ2v) is 21.8. The van der Waals surface area contributed by atoms with E-state index in [4.69, 9.17) is 9.40 Å². The van der Waals surface area contributed by atoms with E-state index in [0.717, 1.165) is 84.4 Å². The molecule has 0 bridgehead atoms. The van der Waals surface area contributed by atoms with Crippen LogP contribution < -0.4 is 26.2 Å². The largest absolute Gasteiger partial charge is 0.456 e. The second-order valence-electron chi connectivity index (χ2n) is 21.8. The van der Waals surface area contributed by atoms with Crippen LogP contribution in [0.25, 0.3) is 88.5 Å². The fourth-order valence-corrected chi connectivity index (χ4v) is 12.8. The Labute approximate surface area is 455 Å². The van der Waals surface area contributed by atoms with E-state index in [1.165, 1.54) is 60.2 Å². The van der Waals surface area contributed by atoms with E-state index in [1.807, 2.05) is 12.3 Å². The molecule has 0 amide bonds. The smallest absolute Gasteiger partial charge is 0.243 e. The molecule has 0 unspecified atom stereocenters. The van der Waals surface area contributed by atoms with Gasteiger partial charge in [0.05, 0.1) is 39.6 Å². The van der Waals surface area contributed by atoms with Crippen molar-refractivity contribution >= 4 is 89.7 Å². The zero-order valence-corrected chi connectivity index (χ0v) is 43.7. The Hall–Kier alpha value is -9.71. The van der Waals surface area contributed by atoms with Gasteiger partial charge < -0.3 is 14.2 Å². The minimum atomic E-state index is -0.135. The number of furan rings is 1. The summed E-state index contributed by atoms with van der Waals surface area (Å²) in [7, 11) is 0. The van der Waals surface area contributed by atoms with E-state index in [2.05, 4.69) is 279 Å². The zero-order chi connectivity index (χ0) is 52.1. The van der Waals surface area contributed by atoms with E-state index < -0.39 is 0 Å². The molecule has 13 aromatic rings. The van der Waals surface area contributed by atoms with Crippen LogP contribution in [0.5, 0.6) is 0 Å². The molecule has 2 aliphatic heterocycles. The van der Waals surface area contributed by atoms with Crippen molar-refractivity contribution < 1.29 is 4.42 Å². The maximum Gasteiger partial charge on any atom is 0.243 e. The van der Waals surface area contributed by atoms with Crippen LogP contribution in [-0.4, -0.2) is 11.7 Å². The third-order valence-corrected chi connectivity index (χ3v) is 16.3. The molecule has 0 atom stereocenters. The fraction of sp³-hybridized carbons (Fsp3) is 0.0548. The van der Waals surface area contributed by atoms with Crippen molar-refractivity contribution in [3.8, 4) is 56.0 Å². The van der Waals surface area contributed by atoms with Crippen LogP contribution in [0.4, 0.5) is 34.1 Å². The summed E-state index contributed by atoms with van der Waals surface area (Å²) in [4.78, 5) is 10.3. The van der Waals surface area contributed by atoms with Crippen LogP contribution in [0.1, 0.15) is 26.3 Å². The molecule has 2 aromatic heterocycles. The Morgan fingerprint density at radius 2 is 0.936 bits per heavy atom. The lowest BCUT2D eigenvalue weighted by Crippen LogP contribution is -2.55. The predicted octanol–water partition coefficient (Wildman–Crippen LogP) is 17.8. The summed E-state index contributed by atoms with van der Waals surface area (Å²) in [6.07, 6.45) is 2.03. The van der Waals surface area contributed by atoms with Crippen LogP contribution in [0.15, 0.2) is 265 Å². The maximum absolute atomic E-state index is 6.79. The number of anilines is 6. The molecule has 368 valence electrons. The molecule has 0 spiro atoms. The van der Waals surface area contributed by atoms with Crippen LogP contribution >= 0.6 is 0 Å². The molecular formula is C73H52BN3O. The Balaban J connectivity index is 0.935. The van der Waals surface area contributed by atoms with E-state index in [-0.39, 0.29) is 12.1 Å². The lowest BCUT2D eigenvalue weighted by molar-refractivity contribution is 0.592. The highest BCUT2D eigenvalue weighted by Gasteiger charge is 2.37. The quantitative estimate of drug-likeness (QED) is 0.149. The first-order valence-electron chi connectivity index (χ1n) is 27.1. The first-order chi connectivity index (χ1) is 38.4. The van der Waals surface area contributed by atoms with Gasteiger partial charge in [0, 0.05) is 39.0 Å². The molecule has 2 aliphatic rings.